The molecule has 0 aliphatic carbocycles. The largest absolute Gasteiger partial charge is 0.311 e. The molecule has 0 spiro atoms. The van der Waals surface area contributed by atoms with Crippen LogP contribution in [0.4, 0.5) is 0 Å². The lowest BCUT2D eigenvalue weighted by molar-refractivity contribution is 0.460. The van der Waals surface area contributed by atoms with E-state index in [1.54, 1.807) is 0 Å². The van der Waals surface area contributed by atoms with E-state index in [1.165, 1.54) is 77.0 Å². The fraction of sp³-hybridized carbons (Fsp3) is 0.882. The molecule has 106 valence electrons. The Morgan fingerprint density at radius 1 is 0.944 bits per heavy atom. The van der Waals surface area contributed by atoms with Crippen molar-refractivity contribution in [3.8, 4) is 0 Å². The zero-order chi connectivity index (χ0) is 13.1. The molecule has 0 radical (unpaired) electrons. The fourth-order valence-corrected chi connectivity index (χ4v) is 3.02. The Labute approximate surface area is 114 Å². The van der Waals surface area contributed by atoms with Crippen LogP contribution in [-0.4, -0.2) is 12.1 Å². The van der Waals surface area contributed by atoms with Crippen molar-refractivity contribution in [3.05, 3.63) is 12.7 Å². The molecule has 1 heterocycles. The molecule has 0 aromatic heterocycles. The zero-order valence-electron chi connectivity index (χ0n) is 12.4. The van der Waals surface area contributed by atoms with Gasteiger partial charge in [0, 0.05) is 12.1 Å². The van der Waals surface area contributed by atoms with E-state index in [-0.39, 0.29) is 0 Å². The van der Waals surface area contributed by atoms with Crippen LogP contribution in [0.3, 0.4) is 0 Å². The molecule has 0 unspecified atom stereocenters. The van der Waals surface area contributed by atoms with Crippen LogP contribution >= 0.6 is 0 Å². The zero-order valence-corrected chi connectivity index (χ0v) is 12.4. The van der Waals surface area contributed by atoms with Gasteiger partial charge in [0.15, 0.2) is 0 Å². The van der Waals surface area contributed by atoms with Gasteiger partial charge in [0.05, 0.1) is 0 Å². The highest BCUT2D eigenvalue weighted by atomic mass is 15.0. The smallest absolute Gasteiger partial charge is 0.00702 e. The number of nitrogens with one attached hydrogen (secondary N) is 1. The van der Waals surface area contributed by atoms with E-state index in [1.807, 2.05) is 6.08 Å². The van der Waals surface area contributed by atoms with Crippen LogP contribution in [0.2, 0.25) is 0 Å². The van der Waals surface area contributed by atoms with Crippen LogP contribution < -0.4 is 5.32 Å². The van der Waals surface area contributed by atoms with Crippen LogP contribution in [0.15, 0.2) is 12.7 Å². The molecule has 1 aliphatic heterocycles. The van der Waals surface area contributed by atoms with E-state index in [2.05, 4.69) is 18.8 Å². The van der Waals surface area contributed by atoms with Crippen LogP contribution in [0.25, 0.3) is 0 Å². The van der Waals surface area contributed by atoms with E-state index >= 15 is 0 Å². The minimum absolute atomic E-state index is 0.833. The van der Waals surface area contributed by atoms with Gasteiger partial charge in [0.2, 0.25) is 0 Å². The van der Waals surface area contributed by atoms with Crippen molar-refractivity contribution in [3.63, 3.8) is 0 Å². The molecular formula is C17H33N. The second-order valence-electron chi connectivity index (χ2n) is 5.91. The van der Waals surface area contributed by atoms with Crippen molar-refractivity contribution in [1.82, 2.24) is 5.32 Å². The number of hydrogen-bond donors (Lipinski definition) is 1. The molecule has 1 aliphatic rings. The second-order valence-corrected chi connectivity index (χ2v) is 5.91. The van der Waals surface area contributed by atoms with Gasteiger partial charge >= 0.3 is 0 Å². The van der Waals surface area contributed by atoms with Gasteiger partial charge in [-0.2, -0.15) is 0 Å². The lowest BCUT2D eigenvalue weighted by Gasteiger charge is -2.13. The fourth-order valence-electron chi connectivity index (χ4n) is 3.02. The average molecular weight is 251 g/mol. The molecule has 1 fully saturated rings. The third-order valence-electron chi connectivity index (χ3n) is 4.20. The Bertz CT molecular complexity index is 200. The molecular weight excluding hydrogens is 218 g/mol. The van der Waals surface area contributed by atoms with Crippen LogP contribution in [0, 0.1) is 0 Å². The number of allylic oxidation sites excluding steroid dienone is 1. The predicted octanol–water partition coefficient (Wildman–Crippen LogP) is 5.21. The minimum Gasteiger partial charge on any atom is -0.311 e. The first-order valence-electron chi connectivity index (χ1n) is 8.23. The topological polar surface area (TPSA) is 12.0 Å². The molecule has 1 rings (SSSR count). The van der Waals surface area contributed by atoms with Crippen molar-refractivity contribution < 1.29 is 0 Å². The Balaban J connectivity index is 1.89. The number of unbranched alkanes of at least 4 members (excludes halogenated alkanes) is 6. The standard InChI is InChI=1S/C17H33N/c1-3-5-7-8-9-10-11-13-17-15-14-16(18-17)12-6-4-2/h3,16-18H,1,4-15H2,2H3/t16-,17-/m0/s1. The van der Waals surface area contributed by atoms with Crippen LogP contribution in [0.1, 0.15) is 84.0 Å². The maximum atomic E-state index is 3.82. The molecule has 1 N–H and O–H groups in total. The summed E-state index contributed by atoms with van der Waals surface area (Å²) < 4.78 is 0. The SMILES string of the molecule is C=CCCCCCCC[C@H]1CC[C@H](CCCC)N1. The molecule has 1 heteroatoms. The first-order valence-corrected chi connectivity index (χ1v) is 8.23. The Hall–Kier alpha value is -0.300. The molecule has 0 amide bonds. The third kappa shape index (κ3) is 7.20. The molecule has 1 nitrogen and oxygen atoms in total. The first-order chi connectivity index (χ1) is 8.86. The highest BCUT2D eigenvalue weighted by molar-refractivity contribution is 4.83. The van der Waals surface area contributed by atoms with Gasteiger partial charge in [-0.1, -0.05) is 51.5 Å². The molecule has 0 saturated carbocycles. The van der Waals surface area contributed by atoms with Gasteiger partial charge in [-0.05, 0) is 38.5 Å². The van der Waals surface area contributed by atoms with Gasteiger partial charge in [0.1, 0.15) is 0 Å². The highest BCUT2D eigenvalue weighted by Gasteiger charge is 2.22. The lowest BCUT2D eigenvalue weighted by atomic mass is 10.0. The Kier molecular flexibility index (Phi) is 9.28. The lowest BCUT2D eigenvalue weighted by Crippen LogP contribution is -2.29. The summed E-state index contributed by atoms with van der Waals surface area (Å²) >= 11 is 0. The number of rotatable bonds is 11. The normalized spacial score (nSPS) is 23.4. The molecule has 18 heavy (non-hydrogen) atoms. The van der Waals surface area contributed by atoms with Crippen molar-refractivity contribution >= 4 is 0 Å². The maximum Gasteiger partial charge on any atom is 0.00702 e. The average Bonchev–Trinajstić information content (AvgIpc) is 2.83. The van der Waals surface area contributed by atoms with Crippen molar-refractivity contribution in [2.75, 3.05) is 0 Å². The maximum absolute atomic E-state index is 3.82. The van der Waals surface area contributed by atoms with Gasteiger partial charge in [-0.25, -0.2) is 0 Å². The minimum atomic E-state index is 0.833. The van der Waals surface area contributed by atoms with Crippen molar-refractivity contribution in [2.45, 2.75) is 96.1 Å². The predicted molar refractivity (Wildman–Crippen MR) is 82.0 cm³/mol. The molecule has 1 saturated heterocycles. The summed E-state index contributed by atoms with van der Waals surface area (Å²) in [6, 6.07) is 1.67. The molecule has 0 bridgehead atoms. The second kappa shape index (κ2) is 10.6. The van der Waals surface area contributed by atoms with E-state index in [0.29, 0.717) is 0 Å². The first kappa shape index (κ1) is 15.8. The Morgan fingerprint density at radius 2 is 1.56 bits per heavy atom. The van der Waals surface area contributed by atoms with Crippen molar-refractivity contribution in [1.29, 1.82) is 0 Å². The summed E-state index contributed by atoms with van der Waals surface area (Å²) in [4.78, 5) is 0. The van der Waals surface area contributed by atoms with E-state index in [0.717, 1.165) is 12.1 Å². The summed E-state index contributed by atoms with van der Waals surface area (Å²) in [7, 11) is 0. The van der Waals surface area contributed by atoms with E-state index in [9.17, 15) is 0 Å². The van der Waals surface area contributed by atoms with Gasteiger partial charge < -0.3 is 5.32 Å². The van der Waals surface area contributed by atoms with E-state index in [4.69, 9.17) is 0 Å². The molecule has 0 aromatic rings. The van der Waals surface area contributed by atoms with Crippen LogP contribution in [-0.2, 0) is 0 Å². The summed E-state index contributed by atoms with van der Waals surface area (Å²) in [5.74, 6) is 0. The summed E-state index contributed by atoms with van der Waals surface area (Å²) in [6.45, 7) is 6.06. The van der Waals surface area contributed by atoms with Crippen molar-refractivity contribution in [2.24, 2.45) is 0 Å². The van der Waals surface area contributed by atoms with Gasteiger partial charge in [0.25, 0.3) is 0 Å². The quantitative estimate of drug-likeness (QED) is 0.392. The van der Waals surface area contributed by atoms with Gasteiger partial charge in [-0.3, -0.25) is 0 Å². The summed E-state index contributed by atoms with van der Waals surface area (Å²) in [5.41, 5.74) is 0. The monoisotopic (exact) mass is 251 g/mol. The summed E-state index contributed by atoms with van der Waals surface area (Å²) in [5, 5.41) is 3.82. The highest BCUT2D eigenvalue weighted by Crippen LogP contribution is 2.21. The van der Waals surface area contributed by atoms with Gasteiger partial charge in [-0.15, -0.1) is 6.58 Å². The van der Waals surface area contributed by atoms with Crippen LogP contribution in [0.5, 0.6) is 0 Å². The van der Waals surface area contributed by atoms with E-state index < -0.39 is 0 Å². The molecule has 0 aromatic carbocycles. The third-order valence-corrected chi connectivity index (χ3v) is 4.20. The molecule has 2 atom stereocenters. The number of hydrogen-bond acceptors (Lipinski definition) is 1. The summed E-state index contributed by atoms with van der Waals surface area (Å²) in [6.07, 6.45) is 18.6. The Morgan fingerprint density at radius 3 is 2.22 bits per heavy atom.